The molecule has 1 rings (SSSR count). The summed E-state index contributed by atoms with van der Waals surface area (Å²) < 4.78 is 10.7. The van der Waals surface area contributed by atoms with Gasteiger partial charge in [0.05, 0.1) is 12.7 Å². The minimum absolute atomic E-state index is 0.0621. The van der Waals surface area contributed by atoms with E-state index in [0.29, 0.717) is 25.7 Å². The standard InChI is InChI=1S/C16H32N2O3/c1-2-20-16(19)7-4-3-5-11-18-12-8-15(9-13-18)21-14-6-10-17/h15H,2-14,17H2,1H3. The maximum atomic E-state index is 11.2. The largest absolute Gasteiger partial charge is 0.466 e. The van der Waals surface area contributed by atoms with E-state index in [1.54, 1.807) is 0 Å². The molecule has 1 heterocycles. The number of nitrogens with two attached hydrogens (primary N) is 1. The molecule has 124 valence electrons. The van der Waals surface area contributed by atoms with E-state index in [-0.39, 0.29) is 5.97 Å². The van der Waals surface area contributed by atoms with Gasteiger partial charge in [0.15, 0.2) is 0 Å². The van der Waals surface area contributed by atoms with Crippen LogP contribution in [0.1, 0.15) is 51.9 Å². The highest BCUT2D eigenvalue weighted by atomic mass is 16.5. The first-order valence-corrected chi connectivity index (χ1v) is 8.46. The van der Waals surface area contributed by atoms with E-state index >= 15 is 0 Å². The Kier molecular flexibility index (Phi) is 10.5. The van der Waals surface area contributed by atoms with Gasteiger partial charge in [-0.1, -0.05) is 6.42 Å². The molecule has 1 fully saturated rings. The van der Waals surface area contributed by atoms with Crippen LogP contribution in [0.3, 0.4) is 0 Å². The Hall–Kier alpha value is -0.650. The summed E-state index contributed by atoms with van der Waals surface area (Å²) in [5.41, 5.74) is 5.46. The maximum Gasteiger partial charge on any atom is 0.305 e. The van der Waals surface area contributed by atoms with Crippen molar-refractivity contribution in [1.82, 2.24) is 4.90 Å². The van der Waals surface area contributed by atoms with Crippen LogP contribution in [0.15, 0.2) is 0 Å². The number of piperidine rings is 1. The molecule has 0 aromatic carbocycles. The number of nitrogens with zero attached hydrogens (tertiary/aromatic N) is 1. The zero-order valence-corrected chi connectivity index (χ0v) is 13.5. The van der Waals surface area contributed by atoms with Crippen LogP contribution in [0.2, 0.25) is 0 Å². The van der Waals surface area contributed by atoms with Gasteiger partial charge in [0.1, 0.15) is 0 Å². The molecule has 0 unspecified atom stereocenters. The van der Waals surface area contributed by atoms with Gasteiger partial charge in [-0.15, -0.1) is 0 Å². The predicted molar refractivity (Wildman–Crippen MR) is 84.2 cm³/mol. The van der Waals surface area contributed by atoms with Crippen molar-refractivity contribution in [1.29, 1.82) is 0 Å². The van der Waals surface area contributed by atoms with Crippen LogP contribution in [0, 0.1) is 0 Å². The highest BCUT2D eigenvalue weighted by Crippen LogP contribution is 2.15. The van der Waals surface area contributed by atoms with Crippen LogP contribution in [-0.4, -0.2) is 56.4 Å². The summed E-state index contributed by atoms with van der Waals surface area (Å²) in [6, 6.07) is 0. The summed E-state index contributed by atoms with van der Waals surface area (Å²) in [6.45, 7) is 7.25. The topological polar surface area (TPSA) is 64.8 Å². The predicted octanol–water partition coefficient (Wildman–Crippen LogP) is 1.94. The number of esters is 1. The third-order valence-corrected chi connectivity index (χ3v) is 3.90. The monoisotopic (exact) mass is 300 g/mol. The van der Waals surface area contributed by atoms with Crippen LogP contribution in [0.5, 0.6) is 0 Å². The Labute approximate surface area is 129 Å². The lowest BCUT2D eigenvalue weighted by Crippen LogP contribution is -2.37. The fourth-order valence-corrected chi connectivity index (χ4v) is 2.65. The van der Waals surface area contributed by atoms with Gasteiger partial charge in [0, 0.05) is 26.1 Å². The smallest absolute Gasteiger partial charge is 0.305 e. The minimum atomic E-state index is -0.0621. The summed E-state index contributed by atoms with van der Waals surface area (Å²) in [5.74, 6) is -0.0621. The lowest BCUT2D eigenvalue weighted by molar-refractivity contribution is -0.143. The molecule has 0 saturated carbocycles. The molecule has 1 aliphatic heterocycles. The van der Waals surface area contributed by atoms with Crippen molar-refractivity contribution < 1.29 is 14.3 Å². The summed E-state index contributed by atoms with van der Waals surface area (Å²) in [6.07, 6.45) is 7.42. The lowest BCUT2D eigenvalue weighted by Gasteiger charge is -2.31. The third kappa shape index (κ3) is 9.06. The van der Waals surface area contributed by atoms with Crippen molar-refractivity contribution in [2.24, 2.45) is 5.73 Å². The first kappa shape index (κ1) is 18.4. The second kappa shape index (κ2) is 12.0. The SMILES string of the molecule is CCOC(=O)CCCCCN1CCC(OCCCN)CC1. The molecule has 0 aromatic heterocycles. The number of rotatable bonds is 11. The molecule has 1 saturated heterocycles. The van der Waals surface area contributed by atoms with Crippen LogP contribution in [-0.2, 0) is 14.3 Å². The first-order chi connectivity index (χ1) is 10.3. The van der Waals surface area contributed by atoms with Gasteiger partial charge in [-0.25, -0.2) is 0 Å². The van der Waals surface area contributed by atoms with Crippen molar-refractivity contribution in [2.45, 2.75) is 58.0 Å². The van der Waals surface area contributed by atoms with Crippen LogP contribution in [0.4, 0.5) is 0 Å². The molecular formula is C16H32N2O3. The van der Waals surface area contributed by atoms with Gasteiger partial charge in [0.2, 0.25) is 0 Å². The van der Waals surface area contributed by atoms with Crippen molar-refractivity contribution in [3.05, 3.63) is 0 Å². The van der Waals surface area contributed by atoms with E-state index in [0.717, 1.165) is 64.8 Å². The van der Waals surface area contributed by atoms with Crippen molar-refractivity contribution >= 4 is 5.97 Å². The highest BCUT2D eigenvalue weighted by molar-refractivity contribution is 5.69. The normalized spacial score (nSPS) is 17.0. The Morgan fingerprint density at radius 3 is 2.62 bits per heavy atom. The van der Waals surface area contributed by atoms with Gasteiger partial charge < -0.3 is 20.1 Å². The second-order valence-corrected chi connectivity index (χ2v) is 5.67. The lowest BCUT2D eigenvalue weighted by atomic mass is 10.1. The van der Waals surface area contributed by atoms with Crippen molar-refractivity contribution in [2.75, 3.05) is 39.4 Å². The van der Waals surface area contributed by atoms with Crippen molar-refractivity contribution in [3.63, 3.8) is 0 Å². The van der Waals surface area contributed by atoms with Gasteiger partial charge in [-0.05, 0) is 52.1 Å². The van der Waals surface area contributed by atoms with Gasteiger partial charge in [-0.3, -0.25) is 4.79 Å². The second-order valence-electron chi connectivity index (χ2n) is 5.67. The molecule has 0 spiro atoms. The zero-order valence-electron chi connectivity index (χ0n) is 13.5. The maximum absolute atomic E-state index is 11.2. The highest BCUT2D eigenvalue weighted by Gasteiger charge is 2.18. The molecule has 1 aliphatic rings. The molecule has 2 N–H and O–H groups in total. The van der Waals surface area contributed by atoms with Gasteiger partial charge in [0.25, 0.3) is 0 Å². The number of carbonyl (C=O) groups is 1. The molecule has 21 heavy (non-hydrogen) atoms. The number of likely N-dealkylation sites (tertiary alicyclic amines) is 1. The molecule has 0 radical (unpaired) electrons. The molecule has 5 heteroatoms. The molecule has 0 bridgehead atoms. The summed E-state index contributed by atoms with van der Waals surface area (Å²) in [7, 11) is 0. The zero-order chi connectivity index (χ0) is 15.3. The number of hydrogen-bond donors (Lipinski definition) is 1. The van der Waals surface area contributed by atoms with Crippen LogP contribution < -0.4 is 5.73 Å². The summed E-state index contributed by atoms with van der Waals surface area (Å²) in [4.78, 5) is 13.7. The minimum Gasteiger partial charge on any atom is -0.466 e. The van der Waals surface area contributed by atoms with Crippen molar-refractivity contribution in [3.8, 4) is 0 Å². The fraction of sp³-hybridized carbons (Fsp3) is 0.938. The Morgan fingerprint density at radius 1 is 1.19 bits per heavy atom. The molecular weight excluding hydrogens is 268 g/mol. The molecule has 0 aliphatic carbocycles. The average Bonchev–Trinajstić information content (AvgIpc) is 2.49. The van der Waals surface area contributed by atoms with E-state index in [1.165, 1.54) is 0 Å². The summed E-state index contributed by atoms with van der Waals surface area (Å²) >= 11 is 0. The first-order valence-electron chi connectivity index (χ1n) is 8.46. The summed E-state index contributed by atoms with van der Waals surface area (Å²) in [5, 5.41) is 0. The van der Waals surface area contributed by atoms with E-state index in [2.05, 4.69) is 4.90 Å². The Bertz CT molecular complexity index is 266. The fourth-order valence-electron chi connectivity index (χ4n) is 2.65. The molecule has 0 amide bonds. The average molecular weight is 300 g/mol. The van der Waals surface area contributed by atoms with E-state index in [1.807, 2.05) is 6.92 Å². The molecule has 0 aromatic rings. The van der Waals surface area contributed by atoms with Gasteiger partial charge >= 0.3 is 5.97 Å². The quantitative estimate of drug-likeness (QED) is 0.466. The number of carbonyl (C=O) groups excluding carboxylic acids is 1. The van der Waals surface area contributed by atoms with Crippen LogP contribution >= 0.6 is 0 Å². The Balaban J connectivity index is 1.94. The van der Waals surface area contributed by atoms with E-state index in [9.17, 15) is 4.79 Å². The van der Waals surface area contributed by atoms with Gasteiger partial charge in [-0.2, -0.15) is 0 Å². The van der Waals surface area contributed by atoms with E-state index < -0.39 is 0 Å². The Morgan fingerprint density at radius 2 is 1.95 bits per heavy atom. The number of ether oxygens (including phenoxy) is 2. The van der Waals surface area contributed by atoms with E-state index in [4.69, 9.17) is 15.2 Å². The third-order valence-electron chi connectivity index (χ3n) is 3.90. The number of unbranched alkanes of at least 4 members (excludes halogenated alkanes) is 2. The number of hydrogen-bond acceptors (Lipinski definition) is 5. The molecule has 0 atom stereocenters. The van der Waals surface area contributed by atoms with Crippen LogP contribution in [0.25, 0.3) is 0 Å². The molecule has 5 nitrogen and oxygen atoms in total.